The Kier molecular flexibility index (Phi) is 2.57. The first-order valence-corrected chi connectivity index (χ1v) is 6.71. The SMILES string of the molecule is O=c1[nH]nc(Cc2nc3ccccc3[nH]2)c2ccccc12. The Morgan fingerprint density at radius 3 is 2.57 bits per heavy atom. The number of hydrogen-bond donors (Lipinski definition) is 2. The van der Waals surface area contributed by atoms with Gasteiger partial charge in [0.25, 0.3) is 5.56 Å². The van der Waals surface area contributed by atoms with E-state index in [4.69, 9.17) is 0 Å². The number of fused-ring (bicyclic) bond motifs is 2. The van der Waals surface area contributed by atoms with Gasteiger partial charge in [0.2, 0.25) is 0 Å². The molecule has 0 saturated carbocycles. The van der Waals surface area contributed by atoms with Gasteiger partial charge in [-0.05, 0) is 18.2 Å². The van der Waals surface area contributed by atoms with E-state index in [0.29, 0.717) is 11.8 Å². The summed E-state index contributed by atoms with van der Waals surface area (Å²) in [5.74, 6) is 0.834. The summed E-state index contributed by atoms with van der Waals surface area (Å²) >= 11 is 0. The van der Waals surface area contributed by atoms with Crippen molar-refractivity contribution >= 4 is 21.8 Å². The molecule has 2 N–H and O–H groups in total. The van der Waals surface area contributed by atoms with Crippen molar-refractivity contribution in [3.05, 3.63) is 70.4 Å². The molecule has 102 valence electrons. The van der Waals surface area contributed by atoms with E-state index in [1.165, 1.54) is 0 Å². The minimum atomic E-state index is -0.168. The Bertz CT molecular complexity index is 967. The van der Waals surface area contributed by atoms with Crippen LogP contribution in [0.1, 0.15) is 11.5 Å². The maximum absolute atomic E-state index is 11.8. The molecule has 0 atom stereocenters. The number of para-hydroxylation sites is 2. The van der Waals surface area contributed by atoms with Crippen LogP contribution in [0.4, 0.5) is 0 Å². The van der Waals surface area contributed by atoms with Gasteiger partial charge in [-0.3, -0.25) is 4.79 Å². The van der Waals surface area contributed by atoms with Gasteiger partial charge < -0.3 is 4.98 Å². The Morgan fingerprint density at radius 2 is 1.71 bits per heavy atom. The lowest BCUT2D eigenvalue weighted by molar-refractivity contribution is 0.906. The molecule has 2 aromatic heterocycles. The maximum Gasteiger partial charge on any atom is 0.272 e. The highest BCUT2D eigenvalue weighted by molar-refractivity contribution is 5.83. The molecular formula is C16H12N4O. The first kappa shape index (κ1) is 11.8. The Labute approximate surface area is 119 Å². The molecule has 2 heterocycles. The molecule has 0 aliphatic rings. The van der Waals surface area contributed by atoms with Gasteiger partial charge in [-0.1, -0.05) is 30.3 Å². The van der Waals surface area contributed by atoms with E-state index < -0.39 is 0 Å². The zero-order valence-electron chi connectivity index (χ0n) is 11.1. The van der Waals surface area contributed by atoms with E-state index in [-0.39, 0.29) is 5.56 Å². The summed E-state index contributed by atoms with van der Waals surface area (Å²) in [5, 5.41) is 8.24. The third-order valence-corrected chi connectivity index (χ3v) is 3.55. The molecule has 2 aromatic carbocycles. The van der Waals surface area contributed by atoms with Crippen molar-refractivity contribution < 1.29 is 0 Å². The molecule has 0 unspecified atom stereocenters. The average molecular weight is 276 g/mol. The number of nitrogens with zero attached hydrogens (tertiary/aromatic N) is 2. The number of nitrogens with one attached hydrogen (secondary N) is 2. The summed E-state index contributed by atoms with van der Waals surface area (Å²) < 4.78 is 0. The van der Waals surface area contributed by atoms with Crippen LogP contribution in [0, 0.1) is 0 Å². The molecule has 5 heteroatoms. The van der Waals surface area contributed by atoms with Crippen LogP contribution in [0.2, 0.25) is 0 Å². The van der Waals surface area contributed by atoms with Gasteiger partial charge in [-0.25, -0.2) is 10.1 Å². The third-order valence-electron chi connectivity index (χ3n) is 3.55. The van der Waals surface area contributed by atoms with E-state index in [1.54, 1.807) is 6.07 Å². The number of rotatable bonds is 2. The predicted molar refractivity (Wildman–Crippen MR) is 81.3 cm³/mol. The maximum atomic E-state index is 11.8. The number of imidazole rings is 1. The third kappa shape index (κ3) is 1.99. The zero-order chi connectivity index (χ0) is 14.2. The van der Waals surface area contributed by atoms with Crippen molar-refractivity contribution in [2.24, 2.45) is 0 Å². The number of aromatic amines is 2. The van der Waals surface area contributed by atoms with E-state index in [1.807, 2.05) is 42.5 Å². The molecule has 0 aliphatic carbocycles. The number of aromatic nitrogens is 4. The minimum Gasteiger partial charge on any atom is -0.342 e. The second kappa shape index (κ2) is 4.56. The standard InChI is InChI=1S/C16H12N4O/c21-16-11-6-2-1-5-10(11)14(19-20-16)9-15-17-12-7-3-4-8-13(12)18-15/h1-8H,9H2,(H,17,18)(H,20,21). The second-order valence-corrected chi connectivity index (χ2v) is 4.92. The summed E-state index contributed by atoms with van der Waals surface area (Å²) in [6, 6.07) is 15.4. The molecule has 5 nitrogen and oxygen atoms in total. The highest BCUT2D eigenvalue weighted by Crippen LogP contribution is 2.17. The highest BCUT2D eigenvalue weighted by atomic mass is 16.1. The van der Waals surface area contributed by atoms with Crippen LogP contribution in [0.3, 0.4) is 0 Å². The van der Waals surface area contributed by atoms with Gasteiger partial charge in [0, 0.05) is 5.39 Å². The molecule has 0 fully saturated rings. The first-order chi connectivity index (χ1) is 10.3. The van der Waals surface area contributed by atoms with Gasteiger partial charge in [-0.15, -0.1) is 0 Å². The van der Waals surface area contributed by atoms with Crippen molar-refractivity contribution in [3.8, 4) is 0 Å². The van der Waals surface area contributed by atoms with Crippen molar-refractivity contribution in [1.29, 1.82) is 0 Å². The van der Waals surface area contributed by atoms with Crippen LogP contribution >= 0.6 is 0 Å². The van der Waals surface area contributed by atoms with Crippen molar-refractivity contribution in [2.75, 3.05) is 0 Å². The quantitative estimate of drug-likeness (QED) is 0.590. The fourth-order valence-corrected chi connectivity index (χ4v) is 2.55. The fourth-order valence-electron chi connectivity index (χ4n) is 2.55. The molecule has 0 saturated heterocycles. The molecule has 21 heavy (non-hydrogen) atoms. The number of H-pyrrole nitrogens is 2. The summed E-state index contributed by atoms with van der Waals surface area (Å²) in [6.07, 6.45) is 0.548. The Hall–Kier alpha value is -2.95. The molecular weight excluding hydrogens is 264 g/mol. The van der Waals surface area contributed by atoms with E-state index in [9.17, 15) is 4.79 Å². The molecule has 4 rings (SSSR count). The van der Waals surface area contributed by atoms with Crippen LogP contribution in [0.15, 0.2) is 53.3 Å². The molecule has 0 spiro atoms. The van der Waals surface area contributed by atoms with E-state index >= 15 is 0 Å². The lowest BCUT2D eigenvalue weighted by Gasteiger charge is -2.02. The van der Waals surface area contributed by atoms with Crippen LogP contribution < -0.4 is 5.56 Å². The monoisotopic (exact) mass is 276 g/mol. The van der Waals surface area contributed by atoms with Gasteiger partial charge in [0.1, 0.15) is 5.82 Å². The molecule has 4 aromatic rings. The smallest absolute Gasteiger partial charge is 0.272 e. The van der Waals surface area contributed by atoms with Crippen molar-refractivity contribution in [3.63, 3.8) is 0 Å². The summed E-state index contributed by atoms with van der Waals surface area (Å²) in [5.41, 5.74) is 2.57. The molecule has 0 bridgehead atoms. The average Bonchev–Trinajstić information content (AvgIpc) is 2.93. The van der Waals surface area contributed by atoms with Crippen molar-refractivity contribution in [2.45, 2.75) is 6.42 Å². The van der Waals surface area contributed by atoms with E-state index in [2.05, 4.69) is 20.2 Å². The van der Waals surface area contributed by atoms with Gasteiger partial charge >= 0.3 is 0 Å². The predicted octanol–water partition coefficient (Wildman–Crippen LogP) is 2.39. The summed E-state index contributed by atoms with van der Waals surface area (Å²) in [4.78, 5) is 19.6. The fraction of sp³-hybridized carbons (Fsp3) is 0.0625. The lowest BCUT2D eigenvalue weighted by atomic mass is 10.1. The van der Waals surface area contributed by atoms with Crippen molar-refractivity contribution in [1.82, 2.24) is 20.2 Å². The minimum absolute atomic E-state index is 0.168. The largest absolute Gasteiger partial charge is 0.342 e. The molecule has 0 radical (unpaired) electrons. The zero-order valence-corrected chi connectivity index (χ0v) is 11.1. The Morgan fingerprint density at radius 1 is 0.952 bits per heavy atom. The van der Waals surface area contributed by atoms with Gasteiger partial charge in [0.05, 0.1) is 28.5 Å². The molecule has 0 aliphatic heterocycles. The topological polar surface area (TPSA) is 74.4 Å². The number of hydrogen-bond acceptors (Lipinski definition) is 3. The normalized spacial score (nSPS) is 11.2. The van der Waals surface area contributed by atoms with Gasteiger partial charge in [0.15, 0.2) is 0 Å². The van der Waals surface area contributed by atoms with Gasteiger partial charge in [-0.2, -0.15) is 5.10 Å². The van der Waals surface area contributed by atoms with Crippen LogP contribution in [-0.2, 0) is 6.42 Å². The van der Waals surface area contributed by atoms with E-state index in [0.717, 1.165) is 27.9 Å². The summed E-state index contributed by atoms with van der Waals surface area (Å²) in [6.45, 7) is 0. The first-order valence-electron chi connectivity index (χ1n) is 6.71. The number of benzene rings is 2. The lowest BCUT2D eigenvalue weighted by Crippen LogP contribution is -2.11. The van der Waals surface area contributed by atoms with Crippen LogP contribution in [-0.4, -0.2) is 20.2 Å². The van der Waals surface area contributed by atoms with Crippen LogP contribution in [0.25, 0.3) is 21.8 Å². The highest BCUT2D eigenvalue weighted by Gasteiger charge is 2.09. The van der Waals surface area contributed by atoms with Crippen LogP contribution in [0.5, 0.6) is 0 Å². The second-order valence-electron chi connectivity index (χ2n) is 4.92. The molecule has 0 amide bonds. The summed E-state index contributed by atoms with van der Waals surface area (Å²) in [7, 11) is 0. The Balaban J connectivity index is 1.84.